The second kappa shape index (κ2) is 10.1. The zero-order valence-electron chi connectivity index (χ0n) is 12.4. The Hall–Kier alpha value is -1.67. The van der Waals surface area contributed by atoms with E-state index < -0.39 is 5.97 Å². The van der Waals surface area contributed by atoms with Gasteiger partial charge in [0.05, 0.1) is 17.3 Å². The maximum absolute atomic E-state index is 11.2. The zero-order valence-corrected chi connectivity index (χ0v) is 14.8. The van der Waals surface area contributed by atoms with Crippen LogP contribution < -0.4 is 15.5 Å². The van der Waals surface area contributed by atoms with Gasteiger partial charge in [0.15, 0.2) is 11.7 Å². The first-order valence-electron chi connectivity index (χ1n) is 6.71. The van der Waals surface area contributed by atoms with Crippen LogP contribution in [-0.2, 0) is 9.53 Å². The topological polar surface area (TPSA) is 72.0 Å². The molecule has 6 nitrogen and oxygen atoms in total. The fourth-order valence-electron chi connectivity index (χ4n) is 1.42. The Bertz CT molecular complexity index is 552. The Balaban J connectivity index is 2.56. The van der Waals surface area contributed by atoms with Crippen LogP contribution in [0.3, 0.4) is 0 Å². The van der Waals surface area contributed by atoms with Crippen molar-refractivity contribution in [1.82, 2.24) is 10.7 Å². The maximum Gasteiger partial charge on any atom is 0.344 e. The Morgan fingerprint density at radius 1 is 1.45 bits per heavy atom. The van der Waals surface area contributed by atoms with Crippen molar-refractivity contribution in [3.63, 3.8) is 0 Å². The van der Waals surface area contributed by atoms with E-state index in [1.165, 1.54) is 0 Å². The minimum atomic E-state index is -0.402. The molecule has 0 saturated heterocycles. The third kappa shape index (κ3) is 6.86. The molecule has 1 aromatic carbocycles. The molecule has 120 valence electrons. The second-order valence-corrected chi connectivity index (χ2v) is 5.28. The van der Waals surface area contributed by atoms with E-state index in [1.807, 2.05) is 19.1 Å². The van der Waals surface area contributed by atoms with E-state index in [0.29, 0.717) is 17.5 Å². The van der Waals surface area contributed by atoms with E-state index in [4.69, 9.17) is 21.7 Å². The molecule has 1 aromatic rings. The predicted octanol–water partition coefficient (Wildman–Crippen LogP) is 2.21. The monoisotopic (exact) mass is 387 g/mol. The zero-order chi connectivity index (χ0) is 16.4. The summed E-state index contributed by atoms with van der Waals surface area (Å²) < 4.78 is 10.9. The van der Waals surface area contributed by atoms with Gasteiger partial charge in [-0.25, -0.2) is 4.79 Å². The normalized spacial score (nSPS) is 10.3. The summed E-state index contributed by atoms with van der Waals surface area (Å²) in [4.78, 5) is 11.2. The quantitative estimate of drug-likeness (QED) is 0.323. The highest BCUT2D eigenvalue weighted by Gasteiger charge is 2.06. The van der Waals surface area contributed by atoms with E-state index in [2.05, 4.69) is 31.8 Å². The van der Waals surface area contributed by atoms with Crippen LogP contribution in [0, 0.1) is 0 Å². The van der Waals surface area contributed by atoms with Crippen LogP contribution in [0.15, 0.2) is 27.8 Å². The molecule has 0 atom stereocenters. The molecule has 0 aliphatic carbocycles. The number of benzene rings is 1. The van der Waals surface area contributed by atoms with Crippen molar-refractivity contribution in [3.8, 4) is 5.75 Å². The lowest BCUT2D eigenvalue weighted by atomic mass is 10.2. The molecule has 1 rings (SSSR count). The van der Waals surface area contributed by atoms with Gasteiger partial charge in [-0.05, 0) is 65.8 Å². The van der Waals surface area contributed by atoms with Crippen LogP contribution in [0.4, 0.5) is 0 Å². The molecule has 0 unspecified atom stereocenters. The number of rotatable bonds is 7. The number of halogens is 1. The molecule has 8 heteroatoms. The molecule has 22 heavy (non-hydrogen) atoms. The summed E-state index contributed by atoms with van der Waals surface area (Å²) in [6.45, 7) is 4.64. The summed E-state index contributed by atoms with van der Waals surface area (Å²) in [5, 5.41) is 7.40. The number of carbonyl (C=O) groups is 1. The number of carbonyl (C=O) groups excluding carboxylic acids is 1. The molecular weight excluding hydrogens is 370 g/mol. The van der Waals surface area contributed by atoms with Gasteiger partial charge in [0.2, 0.25) is 0 Å². The van der Waals surface area contributed by atoms with Gasteiger partial charge in [0.1, 0.15) is 5.75 Å². The van der Waals surface area contributed by atoms with Crippen LogP contribution in [0.1, 0.15) is 19.4 Å². The first kappa shape index (κ1) is 18.4. The molecule has 0 amide bonds. The van der Waals surface area contributed by atoms with Gasteiger partial charge in [-0.3, -0.25) is 5.43 Å². The van der Waals surface area contributed by atoms with Crippen molar-refractivity contribution in [1.29, 1.82) is 0 Å². The van der Waals surface area contributed by atoms with Gasteiger partial charge in [0, 0.05) is 6.54 Å². The lowest BCUT2D eigenvalue weighted by Crippen LogP contribution is -2.31. The Kier molecular flexibility index (Phi) is 8.46. The summed E-state index contributed by atoms with van der Waals surface area (Å²) in [7, 11) is 0. The third-order valence-corrected chi connectivity index (χ3v) is 3.18. The van der Waals surface area contributed by atoms with Crippen molar-refractivity contribution in [2.45, 2.75) is 13.8 Å². The first-order valence-corrected chi connectivity index (χ1v) is 7.91. The largest absolute Gasteiger partial charge is 0.481 e. The molecule has 0 radical (unpaired) electrons. The van der Waals surface area contributed by atoms with Crippen molar-refractivity contribution < 1.29 is 14.3 Å². The molecule has 0 heterocycles. The highest BCUT2D eigenvalue weighted by atomic mass is 79.9. The highest BCUT2D eigenvalue weighted by molar-refractivity contribution is 9.10. The van der Waals surface area contributed by atoms with Gasteiger partial charge in [0.25, 0.3) is 0 Å². The van der Waals surface area contributed by atoms with E-state index >= 15 is 0 Å². The standard InChI is InChI=1S/C14H18BrN3O3S/c1-3-16-14(22)18-17-8-10-5-6-12(11(15)7-10)21-9-13(19)20-4-2/h5-8H,3-4,9H2,1-2H3,(H2,16,18,22)/b17-8-. The van der Waals surface area contributed by atoms with Crippen molar-refractivity contribution in [2.24, 2.45) is 5.10 Å². The Morgan fingerprint density at radius 2 is 2.23 bits per heavy atom. The summed E-state index contributed by atoms with van der Waals surface area (Å²) in [6, 6.07) is 5.38. The molecule has 0 aromatic heterocycles. The van der Waals surface area contributed by atoms with Crippen LogP contribution in [0.2, 0.25) is 0 Å². The number of nitrogens with one attached hydrogen (secondary N) is 2. The third-order valence-electron chi connectivity index (χ3n) is 2.32. The second-order valence-electron chi connectivity index (χ2n) is 4.01. The van der Waals surface area contributed by atoms with Crippen molar-refractivity contribution in [3.05, 3.63) is 28.2 Å². The molecule has 0 saturated carbocycles. The van der Waals surface area contributed by atoms with Crippen LogP contribution in [0.25, 0.3) is 0 Å². The molecule has 0 aliphatic heterocycles. The molecule has 2 N–H and O–H groups in total. The summed E-state index contributed by atoms with van der Waals surface area (Å²) in [5.41, 5.74) is 3.55. The summed E-state index contributed by atoms with van der Waals surface area (Å²) in [5.74, 6) is 0.155. The number of thiocarbonyl (C=S) groups is 1. The van der Waals surface area contributed by atoms with Gasteiger partial charge in [-0.15, -0.1) is 0 Å². The average molecular weight is 388 g/mol. The number of nitrogens with zero attached hydrogens (tertiary/aromatic N) is 1. The van der Waals surface area contributed by atoms with E-state index in [9.17, 15) is 4.79 Å². The lowest BCUT2D eigenvalue weighted by Gasteiger charge is -2.08. The van der Waals surface area contributed by atoms with Crippen molar-refractivity contribution >= 4 is 45.4 Å². The summed E-state index contributed by atoms with van der Waals surface area (Å²) in [6.07, 6.45) is 1.63. The highest BCUT2D eigenvalue weighted by Crippen LogP contribution is 2.25. The van der Waals surface area contributed by atoms with Gasteiger partial charge in [-0.2, -0.15) is 5.10 Å². The smallest absolute Gasteiger partial charge is 0.344 e. The van der Waals surface area contributed by atoms with Crippen molar-refractivity contribution in [2.75, 3.05) is 19.8 Å². The molecule has 0 fully saturated rings. The Labute approximate surface area is 143 Å². The first-order chi connectivity index (χ1) is 10.6. The number of hydrazone groups is 1. The minimum Gasteiger partial charge on any atom is -0.481 e. The number of hydrogen-bond acceptors (Lipinski definition) is 5. The van der Waals surface area contributed by atoms with Gasteiger partial charge < -0.3 is 14.8 Å². The molecule has 0 spiro atoms. The van der Waals surface area contributed by atoms with Crippen LogP contribution in [-0.4, -0.2) is 37.1 Å². The Morgan fingerprint density at radius 3 is 2.86 bits per heavy atom. The average Bonchev–Trinajstić information content (AvgIpc) is 2.47. The molecule has 0 aliphatic rings. The minimum absolute atomic E-state index is 0.127. The van der Waals surface area contributed by atoms with E-state index in [1.54, 1.807) is 19.2 Å². The van der Waals surface area contributed by atoms with E-state index in [-0.39, 0.29) is 6.61 Å². The fourth-order valence-corrected chi connectivity index (χ4v) is 2.13. The number of hydrogen-bond donors (Lipinski definition) is 2. The SMILES string of the molecule is CCNC(=S)N/N=C\c1ccc(OCC(=O)OCC)c(Br)c1. The predicted molar refractivity (Wildman–Crippen MR) is 93.3 cm³/mol. The summed E-state index contributed by atoms with van der Waals surface area (Å²) >= 11 is 8.37. The van der Waals surface area contributed by atoms with Crippen LogP contribution >= 0.6 is 28.1 Å². The molecular formula is C14H18BrN3O3S. The number of esters is 1. The van der Waals surface area contributed by atoms with E-state index in [0.717, 1.165) is 16.6 Å². The number of ether oxygens (including phenoxy) is 2. The van der Waals surface area contributed by atoms with Crippen LogP contribution in [0.5, 0.6) is 5.75 Å². The maximum atomic E-state index is 11.2. The van der Waals surface area contributed by atoms with Gasteiger partial charge in [-0.1, -0.05) is 0 Å². The van der Waals surface area contributed by atoms with Gasteiger partial charge >= 0.3 is 5.97 Å². The lowest BCUT2D eigenvalue weighted by molar-refractivity contribution is -0.145. The molecule has 0 bridgehead atoms. The fraction of sp³-hybridized carbons (Fsp3) is 0.357.